The molecule has 0 radical (unpaired) electrons. The van der Waals surface area contributed by atoms with E-state index in [2.05, 4.69) is 9.89 Å². The molecule has 5 rings (SSSR count). The van der Waals surface area contributed by atoms with Gasteiger partial charge in [0.2, 0.25) is 0 Å². The maximum absolute atomic E-state index is 13.0. The van der Waals surface area contributed by atoms with E-state index < -0.39 is 24.2 Å². The number of aromatic nitrogens is 2. The minimum atomic E-state index is -4.88. The van der Waals surface area contributed by atoms with E-state index >= 15 is 0 Å². The Morgan fingerprint density at radius 3 is 2.47 bits per heavy atom. The smallest absolute Gasteiger partial charge is 0.546 e. The number of ether oxygens (including phenoxy) is 3. The topological polar surface area (TPSA) is 98.8 Å². The van der Waals surface area contributed by atoms with Crippen LogP contribution >= 0.6 is 0 Å². The molecule has 2 heterocycles. The lowest BCUT2D eigenvalue weighted by Gasteiger charge is -2.17. The summed E-state index contributed by atoms with van der Waals surface area (Å²) in [7, 11) is 1.53. The summed E-state index contributed by atoms with van der Waals surface area (Å²) in [5, 5.41) is 16.7. The van der Waals surface area contributed by atoms with Gasteiger partial charge in [-0.1, -0.05) is 11.2 Å². The van der Waals surface area contributed by atoms with Crippen LogP contribution in [0.15, 0.2) is 65.2 Å². The fourth-order valence-corrected chi connectivity index (χ4v) is 4.40. The first-order valence-corrected chi connectivity index (χ1v) is 11.4. The van der Waals surface area contributed by atoms with Crippen molar-refractivity contribution in [3.63, 3.8) is 0 Å². The zero-order valence-corrected chi connectivity index (χ0v) is 20.3. The highest BCUT2D eigenvalue weighted by molar-refractivity contribution is 6.05. The monoisotopic (exact) mass is 525 g/mol. The number of alkyl halides is 3. The van der Waals surface area contributed by atoms with Gasteiger partial charge in [-0.15, -0.1) is 13.2 Å². The molecule has 1 atom stereocenters. The van der Waals surface area contributed by atoms with Gasteiger partial charge in [0.1, 0.15) is 29.0 Å². The van der Waals surface area contributed by atoms with E-state index in [0.717, 1.165) is 0 Å². The van der Waals surface area contributed by atoms with Crippen LogP contribution in [-0.2, 0) is 4.79 Å². The number of hydrogen-bond acceptors (Lipinski definition) is 7. The first-order valence-electron chi connectivity index (χ1n) is 11.4. The lowest BCUT2D eigenvalue weighted by molar-refractivity contribution is -0.312. The molecule has 0 aliphatic carbocycles. The van der Waals surface area contributed by atoms with Crippen LogP contribution in [0.5, 0.6) is 17.2 Å². The highest BCUT2D eigenvalue weighted by atomic mass is 19.4. The molecule has 2 aromatic heterocycles. The molecule has 3 aromatic carbocycles. The standard InChI is InChI=1S/C27H21F3N2O6/c1-14-24(25-21-10-7-17(35-3)13-23(21)38-31-25)20-9-8-19(37-27(28,29)30)12-22(20)32(14)16-5-4-6-18(11-16)36-15(2)26(33)34/h4-13,15H,1-3H3,(H,33,34)/p-1/t15-/m1/s1. The molecule has 0 saturated carbocycles. The first kappa shape index (κ1) is 25.0. The minimum absolute atomic E-state index is 0.240. The van der Waals surface area contributed by atoms with Crippen molar-refractivity contribution in [3.05, 3.63) is 66.4 Å². The second-order valence-corrected chi connectivity index (χ2v) is 8.49. The molecule has 0 amide bonds. The number of rotatable bonds is 7. The molecule has 0 fully saturated rings. The van der Waals surface area contributed by atoms with Crippen molar-refractivity contribution < 1.29 is 41.8 Å². The fourth-order valence-electron chi connectivity index (χ4n) is 4.40. The van der Waals surface area contributed by atoms with Crippen LogP contribution < -0.4 is 19.3 Å². The third kappa shape index (κ3) is 4.58. The maximum Gasteiger partial charge on any atom is 0.573 e. The number of halogens is 3. The number of carboxylic acids is 1. The van der Waals surface area contributed by atoms with Crippen molar-refractivity contribution in [2.24, 2.45) is 0 Å². The third-order valence-electron chi connectivity index (χ3n) is 6.05. The summed E-state index contributed by atoms with van der Waals surface area (Å²) in [5.41, 5.74) is 3.15. The summed E-state index contributed by atoms with van der Waals surface area (Å²) in [6.45, 7) is 3.13. The molecule has 0 aliphatic rings. The molecular weight excluding hydrogens is 505 g/mol. The molecule has 0 aliphatic heterocycles. The van der Waals surface area contributed by atoms with Crippen LogP contribution in [0.3, 0.4) is 0 Å². The van der Waals surface area contributed by atoms with E-state index in [1.165, 1.54) is 32.2 Å². The zero-order valence-electron chi connectivity index (χ0n) is 20.3. The second-order valence-electron chi connectivity index (χ2n) is 8.49. The van der Waals surface area contributed by atoms with Crippen molar-refractivity contribution in [3.8, 4) is 34.2 Å². The Bertz CT molecular complexity index is 1670. The lowest BCUT2D eigenvalue weighted by Crippen LogP contribution is -2.37. The average molecular weight is 525 g/mol. The van der Waals surface area contributed by atoms with E-state index in [0.29, 0.717) is 50.3 Å². The van der Waals surface area contributed by atoms with Gasteiger partial charge >= 0.3 is 6.36 Å². The van der Waals surface area contributed by atoms with Gasteiger partial charge in [0, 0.05) is 40.5 Å². The second kappa shape index (κ2) is 9.33. The maximum atomic E-state index is 13.0. The molecule has 0 bridgehead atoms. The van der Waals surface area contributed by atoms with Gasteiger partial charge in [0.05, 0.1) is 24.0 Å². The fraction of sp³-hybridized carbons (Fsp3) is 0.185. The van der Waals surface area contributed by atoms with Crippen LogP contribution in [0.1, 0.15) is 12.6 Å². The quantitative estimate of drug-likeness (QED) is 0.289. The number of fused-ring (bicyclic) bond motifs is 2. The van der Waals surface area contributed by atoms with E-state index in [1.807, 2.05) is 0 Å². The van der Waals surface area contributed by atoms with Gasteiger partial charge in [-0.3, -0.25) is 0 Å². The lowest BCUT2D eigenvalue weighted by atomic mass is 10.0. The summed E-state index contributed by atoms with van der Waals surface area (Å²) < 4.78 is 61.2. The summed E-state index contributed by atoms with van der Waals surface area (Å²) in [6.07, 6.45) is -6.09. The number of benzene rings is 3. The van der Waals surface area contributed by atoms with Gasteiger partial charge in [0.15, 0.2) is 5.58 Å². The van der Waals surface area contributed by atoms with Crippen molar-refractivity contribution in [2.75, 3.05) is 7.11 Å². The third-order valence-corrected chi connectivity index (χ3v) is 6.05. The number of aliphatic carboxylic acids is 1. The van der Waals surface area contributed by atoms with E-state index in [4.69, 9.17) is 14.0 Å². The number of hydrogen-bond donors (Lipinski definition) is 0. The Balaban J connectivity index is 1.74. The molecule has 0 saturated heterocycles. The van der Waals surface area contributed by atoms with Gasteiger partial charge in [-0.25, -0.2) is 0 Å². The molecule has 5 aromatic rings. The van der Waals surface area contributed by atoms with E-state index in [-0.39, 0.29) is 5.75 Å². The normalized spacial score (nSPS) is 12.6. The van der Waals surface area contributed by atoms with Gasteiger partial charge in [-0.2, -0.15) is 0 Å². The largest absolute Gasteiger partial charge is 0.573 e. The summed E-state index contributed by atoms with van der Waals surface area (Å²) in [6, 6.07) is 15.8. The van der Waals surface area contributed by atoms with Crippen molar-refractivity contribution >= 4 is 27.8 Å². The summed E-state index contributed by atoms with van der Waals surface area (Å²) in [5.74, 6) is -0.966. The van der Waals surface area contributed by atoms with E-state index in [1.54, 1.807) is 54.0 Å². The predicted octanol–water partition coefficient (Wildman–Crippen LogP) is 5.17. The van der Waals surface area contributed by atoms with Crippen LogP contribution in [0.4, 0.5) is 13.2 Å². The molecule has 0 spiro atoms. The average Bonchev–Trinajstić information content (AvgIpc) is 3.39. The highest BCUT2D eigenvalue weighted by Gasteiger charge is 2.32. The zero-order chi connectivity index (χ0) is 27.2. The van der Waals surface area contributed by atoms with Crippen LogP contribution in [0, 0.1) is 6.92 Å². The SMILES string of the molecule is COc1ccc2c(-c3c(C)n(-c4cccc(O[C@H](C)C(=O)[O-])c4)c4cc(OC(F)(F)F)ccc34)noc2c1. The molecule has 38 heavy (non-hydrogen) atoms. The molecule has 0 unspecified atom stereocenters. The molecule has 11 heteroatoms. The molecule has 0 N–H and O–H groups in total. The van der Waals surface area contributed by atoms with Crippen molar-refractivity contribution in [1.29, 1.82) is 0 Å². The minimum Gasteiger partial charge on any atom is -0.546 e. The summed E-state index contributed by atoms with van der Waals surface area (Å²) in [4.78, 5) is 11.2. The van der Waals surface area contributed by atoms with Crippen molar-refractivity contribution in [2.45, 2.75) is 26.3 Å². The van der Waals surface area contributed by atoms with Gasteiger partial charge in [-0.05, 0) is 50.2 Å². The number of carbonyl (C=O) groups is 1. The molecule has 196 valence electrons. The Kier molecular flexibility index (Phi) is 6.14. The summed E-state index contributed by atoms with van der Waals surface area (Å²) >= 11 is 0. The Morgan fingerprint density at radius 1 is 1.03 bits per heavy atom. The molecule has 8 nitrogen and oxygen atoms in total. The van der Waals surface area contributed by atoms with Crippen LogP contribution in [-0.4, -0.2) is 35.3 Å². The van der Waals surface area contributed by atoms with Gasteiger partial charge in [0.25, 0.3) is 0 Å². The number of nitrogens with zero attached hydrogens (tertiary/aromatic N) is 2. The first-order chi connectivity index (χ1) is 18.1. The van der Waals surface area contributed by atoms with E-state index in [9.17, 15) is 23.1 Å². The van der Waals surface area contributed by atoms with Crippen LogP contribution in [0.2, 0.25) is 0 Å². The van der Waals surface area contributed by atoms with Crippen molar-refractivity contribution in [1.82, 2.24) is 9.72 Å². The Labute approximate surface area is 213 Å². The Hall–Kier alpha value is -4.67. The Morgan fingerprint density at radius 2 is 1.76 bits per heavy atom. The number of methoxy groups -OCH3 is 1. The number of carbonyl (C=O) groups excluding carboxylic acids is 1. The molecular formula is C27H20F3N2O6-. The predicted molar refractivity (Wildman–Crippen MR) is 129 cm³/mol. The van der Waals surface area contributed by atoms with Gasteiger partial charge < -0.3 is 33.2 Å². The van der Waals surface area contributed by atoms with Crippen LogP contribution in [0.25, 0.3) is 38.8 Å². The highest BCUT2D eigenvalue weighted by Crippen LogP contribution is 2.41. The number of carboxylic acid groups (broad SMARTS) is 1.